The molecule has 0 heterocycles. The van der Waals surface area contributed by atoms with Crippen molar-refractivity contribution in [1.82, 2.24) is 0 Å². The Bertz CT molecular complexity index is 569. The van der Waals surface area contributed by atoms with Crippen molar-refractivity contribution >= 4 is 17.9 Å². The monoisotopic (exact) mass is 374 g/mol. The fourth-order valence-electron chi connectivity index (χ4n) is 4.99. The third-order valence-electron chi connectivity index (χ3n) is 6.12. The number of alkyl halides is 2. The van der Waals surface area contributed by atoms with Crippen molar-refractivity contribution in [3.63, 3.8) is 0 Å². The molecule has 4 rings (SSSR count). The van der Waals surface area contributed by atoms with Crippen LogP contribution in [0.15, 0.2) is 0 Å². The molecule has 0 atom stereocenters. The zero-order chi connectivity index (χ0) is 19.1. The number of rotatable bonds is 6. The van der Waals surface area contributed by atoms with E-state index in [1.165, 1.54) is 6.42 Å². The Balaban J connectivity index is 1.44. The highest BCUT2D eigenvalue weighted by Crippen LogP contribution is 2.59. The summed E-state index contributed by atoms with van der Waals surface area (Å²) in [6.45, 7) is 0.733. The second-order valence-electron chi connectivity index (χ2n) is 8.09. The van der Waals surface area contributed by atoms with E-state index in [2.05, 4.69) is 9.47 Å². The Morgan fingerprint density at radius 3 is 1.92 bits per heavy atom. The van der Waals surface area contributed by atoms with Gasteiger partial charge in [-0.1, -0.05) is 0 Å². The number of carbonyl (C=O) groups excluding carboxylic acids is 3. The van der Waals surface area contributed by atoms with Crippen LogP contribution in [0, 0.1) is 23.7 Å². The summed E-state index contributed by atoms with van der Waals surface area (Å²) in [6.07, 6.45) is 5.55. The maximum atomic E-state index is 12.6. The molecule has 26 heavy (non-hydrogen) atoms. The maximum Gasteiger partial charge on any atom is 0.377 e. The quantitative estimate of drug-likeness (QED) is 0.525. The summed E-state index contributed by atoms with van der Waals surface area (Å²) < 4.78 is 39.8. The third-order valence-corrected chi connectivity index (χ3v) is 6.12. The van der Waals surface area contributed by atoms with Crippen molar-refractivity contribution in [2.45, 2.75) is 57.5 Å². The lowest BCUT2D eigenvalue weighted by atomic mass is 9.50. The van der Waals surface area contributed by atoms with Crippen molar-refractivity contribution in [3.05, 3.63) is 0 Å². The first-order valence-corrected chi connectivity index (χ1v) is 9.00. The number of carbonyl (C=O) groups is 3. The van der Waals surface area contributed by atoms with Gasteiger partial charge in [0.05, 0.1) is 0 Å². The van der Waals surface area contributed by atoms with Crippen LogP contribution in [0.4, 0.5) is 8.78 Å². The van der Waals surface area contributed by atoms with E-state index in [1.54, 1.807) is 0 Å². The van der Waals surface area contributed by atoms with Crippen molar-refractivity contribution in [1.29, 1.82) is 0 Å². The van der Waals surface area contributed by atoms with Crippen molar-refractivity contribution in [2.75, 3.05) is 13.2 Å². The number of ether oxygens (including phenoxy) is 3. The first-order valence-electron chi connectivity index (χ1n) is 9.00. The number of hydrogen-bond acceptors (Lipinski definition) is 6. The summed E-state index contributed by atoms with van der Waals surface area (Å²) in [5.41, 5.74) is -0.534. The van der Waals surface area contributed by atoms with Crippen LogP contribution in [-0.4, -0.2) is 42.6 Å². The third kappa shape index (κ3) is 3.83. The molecule has 0 N–H and O–H groups in total. The molecule has 0 aromatic heterocycles. The summed E-state index contributed by atoms with van der Waals surface area (Å²) in [5, 5.41) is 0. The first-order chi connectivity index (χ1) is 12.1. The normalized spacial score (nSPS) is 35.1. The van der Waals surface area contributed by atoms with Crippen LogP contribution in [0.3, 0.4) is 0 Å². The molecule has 0 aromatic rings. The van der Waals surface area contributed by atoms with Gasteiger partial charge in [-0.2, -0.15) is 8.78 Å². The fraction of sp³-hybridized carbons (Fsp3) is 0.833. The second-order valence-corrected chi connectivity index (χ2v) is 8.09. The van der Waals surface area contributed by atoms with E-state index >= 15 is 0 Å². The molecule has 0 spiro atoms. The highest BCUT2D eigenvalue weighted by atomic mass is 19.3. The van der Waals surface area contributed by atoms with E-state index in [0.29, 0.717) is 18.8 Å². The van der Waals surface area contributed by atoms with Gasteiger partial charge >= 0.3 is 23.8 Å². The van der Waals surface area contributed by atoms with Gasteiger partial charge in [-0.3, -0.25) is 0 Å². The zero-order valence-electron chi connectivity index (χ0n) is 15.0. The lowest BCUT2D eigenvalue weighted by molar-refractivity contribution is -0.207. The molecular weight excluding hydrogens is 350 g/mol. The van der Waals surface area contributed by atoms with Crippen LogP contribution in [0.5, 0.6) is 0 Å². The Hall–Kier alpha value is -1.73. The molecule has 6 nitrogen and oxygen atoms in total. The second kappa shape index (κ2) is 6.78. The molecule has 4 bridgehead atoms. The Kier molecular flexibility index (Phi) is 4.96. The highest BCUT2D eigenvalue weighted by Gasteiger charge is 2.57. The van der Waals surface area contributed by atoms with Crippen molar-refractivity contribution in [3.8, 4) is 0 Å². The first kappa shape index (κ1) is 19.0. The molecule has 0 aromatic carbocycles. The average Bonchev–Trinajstić information content (AvgIpc) is 2.54. The molecule has 0 aliphatic heterocycles. The van der Waals surface area contributed by atoms with E-state index in [0.717, 1.165) is 37.5 Å². The van der Waals surface area contributed by atoms with Crippen LogP contribution >= 0.6 is 0 Å². The van der Waals surface area contributed by atoms with E-state index < -0.39 is 42.6 Å². The molecule has 4 saturated carbocycles. The van der Waals surface area contributed by atoms with E-state index in [1.807, 2.05) is 6.92 Å². The molecular formula is C18H24F2O6. The van der Waals surface area contributed by atoms with Gasteiger partial charge < -0.3 is 14.2 Å². The van der Waals surface area contributed by atoms with Crippen molar-refractivity contribution in [2.24, 2.45) is 23.7 Å². The van der Waals surface area contributed by atoms with E-state index in [9.17, 15) is 23.2 Å². The van der Waals surface area contributed by atoms with Gasteiger partial charge in [-0.15, -0.1) is 0 Å². The molecule has 146 valence electrons. The predicted molar refractivity (Wildman–Crippen MR) is 84.1 cm³/mol. The molecule has 4 aliphatic carbocycles. The van der Waals surface area contributed by atoms with Gasteiger partial charge in [0, 0.05) is 6.92 Å². The van der Waals surface area contributed by atoms with Gasteiger partial charge in [-0.25, -0.2) is 14.4 Å². The minimum atomic E-state index is -3.69. The molecule has 0 radical (unpaired) electrons. The minimum absolute atomic E-state index is 0.339. The molecule has 4 fully saturated rings. The topological polar surface area (TPSA) is 78.9 Å². The predicted octanol–water partition coefficient (Wildman–Crippen LogP) is 2.49. The zero-order valence-corrected chi connectivity index (χ0v) is 15.0. The summed E-state index contributed by atoms with van der Waals surface area (Å²) in [5.74, 6) is -5.11. The van der Waals surface area contributed by atoms with Gasteiger partial charge in [0.1, 0.15) is 5.60 Å². The molecule has 4 aliphatic rings. The van der Waals surface area contributed by atoms with E-state index in [4.69, 9.17) is 4.74 Å². The van der Waals surface area contributed by atoms with Crippen molar-refractivity contribution < 1.29 is 37.4 Å². The number of halogens is 2. The Labute approximate surface area is 150 Å². The smallest absolute Gasteiger partial charge is 0.377 e. The van der Waals surface area contributed by atoms with Crippen LogP contribution in [0.25, 0.3) is 0 Å². The van der Waals surface area contributed by atoms with Gasteiger partial charge in [0.25, 0.3) is 0 Å². The lowest BCUT2D eigenvalue weighted by Crippen LogP contribution is -2.58. The van der Waals surface area contributed by atoms with Crippen LogP contribution in [-0.2, 0) is 28.6 Å². The summed E-state index contributed by atoms with van der Waals surface area (Å²) in [6, 6.07) is 0. The maximum absolute atomic E-state index is 12.6. The molecule has 0 unspecified atom stereocenters. The van der Waals surface area contributed by atoms with Gasteiger partial charge in [0.15, 0.2) is 13.2 Å². The minimum Gasteiger partial charge on any atom is -0.456 e. The number of hydrogen-bond donors (Lipinski definition) is 0. The summed E-state index contributed by atoms with van der Waals surface area (Å²) in [7, 11) is 0. The fourth-order valence-corrected chi connectivity index (χ4v) is 4.99. The average molecular weight is 374 g/mol. The standard InChI is InChI=1S/C18H24F2O6/c1-17(12-4-10-3-11(6-12)7-13(17)5-10)26-15(22)9-24-14(21)8-25-16(23)18(2,19)20/h10-13H,3-9H2,1-2H3. The number of esters is 3. The van der Waals surface area contributed by atoms with Crippen LogP contribution < -0.4 is 0 Å². The molecule has 0 saturated heterocycles. The van der Waals surface area contributed by atoms with Crippen LogP contribution in [0.2, 0.25) is 0 Å². The van der Waals surface area contributed by atoms with Gasteiger partial charge in [-0.05, 0) is 62.7 Å². The molecule has 0 amide bonds. The van der Waals surface area contributed by atoms with E-state index in [-0.39, 0.29) is 0 Å². The Morgan fingerprint density at radius 2 is 1.42 bits per heavy atom. The van der Waals surface area contributed by atoms with Gasteiger partial charge in [0.2, 0.25) is 0 Å². The SMILES string of the molecule is CC(F)(F)C(=O)OCC(=O)OCC(=O)OC1(C)C2CC3CC(C2)CC1C3. The summed E-state index contributed by atoms with van der Waals surface area (Å²) >= 11 is 0. The summed E-state index contributed by atoms with van der Waals surface area (Å²) in [4.78, 5) is 34.4. The molecule has 8 heteroatoms. The largest absolute Gasteiger partial charge is 0.456 e. The van der Waals surface area contributed by atoms with Crippen LogP contribution in [0.1, 0.15) is 46.0 Å². The highest BCUT2D eigenvalue weighted by molar-refractivity contribution is 5.81. The lowest BCUT2D eigenvalue weighted by Gasteiger charge is -2.59. The Morgan fingerprint density at radius 1 is 0.923 bits per heavy atom.